The van der Waals surface area contributed by atoms with Gasteiger partial charge in [-0.15, -0.1) is 0 Å². The van der Waals surface area contributed by atoms with Crippen molar-refractivity contribution in [3.8, 4) is 17.2 Å². The smallest absolute Gasteiger partial charge is 0.251 e. The molecule has 1 aromatic heterocycles. The Morgan fingerprint density at radius 2 is 1.68 bits per heavy atom. The Hall–Kier alpha value is -3.60. The molecule has 0 aliphatic carbocycles. The van der Waals surface area contributed by atoms with Crippen LogP contribution in [0.15, 0.2) is 65.1 Å². The van der Waals surface area contributed by atoms with Crippen LogP contribution in [0.1, 0.15) is 40.9 Å². The van der Waals surface area contributed by atoms with Crippen LogP contribution in [0.4, 0.5) is 0 Å². The number of oxazole rings is 1. The normalized spacial score (nSPS) is 11.1. The van der Waals surface area contributed by atoms with Crippen LogP contribution < -0.4 is 10.1 Å². The second-order valence-corrected chi connectivity index (χ2v) is 7.99. The van der Waals surface area contributed by atoms with Crippen molar-refractivity contribution in [2.45, 2.75) is 40.3 Å². The average Bonchev–Trinajstić information content (AvgIpc) is 3.15. The summed E-state index contributed by atoms with van der Waals surface area (Å²) in [4.78, 5) is 17.0. The molecule has 0 bridgehead atoms. The number of amides is 1. The van der Waals surface area contributed by atoms with E-state index < -0.39 is 0 Å². The quantitative estimate of drug-likeness (QED) is 0.431. The van der Waals surface area contributed by atoms with E-state index >= 15 is 0 Å². The van der Waals surface area contributed by atoms with Crippen LogP contribution in [-0.2, 0) is 6.54 Å². The number of hydrogen-bond acceptors (Lipinski definition) is 4. The molecule has 0 aliphatic heterocycles. The van der Waals surface area contributed by atoms with E-state index in [0.717, 1.165) is 28.0 Å². The number of hydrogen-bond donors (Lipinski definition) is 1. The second kappa shape index (κ2) is 8.64. The Labute approximate surface area is 182 Å². The molecule has 1 N–H and O–H groups in total. The summed E-state index contributed by atoms with van der Waals surface area (Å²) in [6.45, 7) is 8.51. The van der Waals surface area contributed by atoms with Gasteiger partial charge in [0.05, 0.1) is 6.10 Å². The van der Waals surface area contributed by atoms with E-state index in [1.54, 1.807) is 12.1 Å². The van der Waals surface area contributed by atoms with E-state index in [4.69, 9.17) is 9.15 Å². The van der Waals surface area contributed by atoms with Gasteiger partial charge in [-0.1, -0.05) is 12.1 Å². The summed E-state index contributed by atoms with van der Waals surface area (Å²) < 4.78 is 11.5. The van der Waals surface area contributed by atoms with Crippen LogP contribution in [0, 0.1) is 13.8 Å². The minimum absolute atomic E-state index is 0.102. The molecule has 1 amide bonds. The van der Waals surface area contributed by atoms with Crippen molar-refractivity contribution in [1.82, 2.24) is 10.3 Å². The molecule has 0 radical (unpaired) electrons. The predicted octanol–water partition coefficient (Wildman–Crippen LogP) is 5.83. The average molecular weight is 415 g/mol. The third-order valence-electron chi connectivity index (χ3n) is 5.15. The molecular weight excluding hydrogens is 388 g/mol. The Balaban J connectivity index is 1.40. The van der Waals surface area contributed by atoms with Crippen LogP contribution in [0.3, 0.4) is 0 Å². The topological polar surface area (TPSA) is 64.4 Å². The summed E-state index contributed by atoms with van der Waals surface area (Å²) in [5.41, 5.74) is 6.54. The molecule has 0 saturated heterocycles. The van der Waals surface area contributed by atoms with E-state index in [0.29, 0.717) is 18.0 Å². The zero-order valence-electron chi connectivity index (χ0n) is 18.2. The highest BCUT2D eigenvalue weighted by molar-refractivity contribution is 5.94. The van der Waals surface area contributed by atoms with E-state index in [1.165, 1.54) is 11.1 Å². The Bertz CT molecular complexity index is 1170. The Morgan fingerprint density at radius 1 is 1.00 bits per heavy atom. The van der Waals surface area contributed by atoms with Gasteiger partial charge in [-0.3, -0.25) is 4.79 Å². The van der Waals surface area contributed by atoms with Gasteiger partial charge in [-0.2, -0.15) is 0 Å². The molecule has 5 nitrogen and oxygen atoms in total. The molecule has 31 heavy (non-hydrogen) atoms. The number of carbonyl (C=O) groups excluding carboxylic acids is 1. The molecule has 0 aliphatic rings. The number of fused-ring (bicyclic) bond motifs is 1. The zero-order chi connectivity index (χ0) is 22.0. The van der Waals surface area contributed by atoms with Gasteiger partial charge in [0.15, 0.2) is 5.58 Å². The van der Waals surface area contributed by atoms with Gasteiger partial charge in [-0.25, -0.2) is 4.98 Å². The molecular formula is C26H26N2O3. The summed E-state index contributed by atoms with van der Waals surface area (Å²) >= 11 is 0. The summed E-state index contributed by atoms with van der Waals surface area (Å²) in [5, 5.41) is 2.95. The second-order valence-electron chi connectivity index (χ2n) is 7.99. The molecule has 0 atom stereocenters. The number of benzene rings is 3. The first-order chi connectivity index (χ1) is 14.9. The number of aromatic nitrogens is 1. The van der Waals surface area contributed by atoms with Crippen LogP contribution >= 0.6 is 0 Å². The van der Waals surface area contributed by atoms with E-state index in [2.05, 4.69) is 24.1 Å². The SMILES string of the molecule is Cc1cc2nc(-c3ccc(CNC(=O)c4ccc(OC(C)C)cc4)cc3)oc2cc1C. The first kappa shape index (κ1) is 20.7. The largest absolute Gasteiger partial charge is 0.491 e. The third kappa shape index (κ3) is 4.77. The van der Waals surface area contributed by atoms with Crippen LogP contribution in [0.5, 0.6) is 5.75 Å². The Morgan fingerprint density at radius 3 is 2.35 bits per heavy atom. The van der Waals surface area contributed by atoms with Crippen molar-refractivity contribution in [2.75, 3.05) is 0 Å². The maximum absolute atomic E-state index is 12.4. The molecule has 0 saturated carbocycles. The highest BCUT2D eigenvalue weighted by atomic mass is 16.5. The molecule has 0 unspecified atom stereocenters. The van der Waals surface area contributed by atoms with Crippen molar-refractivity contribution in [2.24, 2.45) is 0 Å². The lowest BCUT2D eigenvalue weighted by Crippen LogP contribution is -2.22. The lowest BCUT2D eigenvalue weighted by molar-refractivity contribution is 0.0951. The van der Waals surface area contributed by atoms with Gasteiger partial charge in [0, 0.05) is 17.7 Å². The minimum atomic E-state index is -0.120. The van der Waals surface area contributed by atoms with Gasteiger partial charge in [0.2, 0.25) is 5.89 Å². The van der Waals surface area contributed by atoms with Gasteiger partial charge in [-0.05, 0) is 92.9 Å². The van der Waals surface area contributed by atoms with Crippen molar-refractivity contribution in [1.29, 1.82) is 0 Å². The molecule has 4 aromatic rings. The van der Waals surface area contributed by atoms with Crippen LogP contribution in [0.25, 0.3) is 22.6 Å². The third-order valence-corrected chi connectivity index (χ3v) is 5.15. The standard InChI is InChI=1S/C26H26N2O3/c1-16(2)30-22-11-9-20(10-12-22)25(29)27-15-19-5-7-21(8-6-19)26-28-23-13-17(3)18(4)14-24(23)31-26/h5-14,16H,15H2,1-4H3,(H,27,29). The monoisotopic (exact) mass is 414 g/mol. The van der Waals surface area contributed by atoms with E-state index in [1.807, 2.05) is 62.4 Å². The number of carbonyl (C=O) groups is 1. The number of nitrogens with one attached hydrogen (secondary N) is 1. The molecule has 4 rings (SSSR count). The fraction of sp³-hybridized carbons (Fsp3) is 0.231. The molecule has 3 aromatic carbocycles. The lowest BCUT2D eigenvalue weighted by atomic mass is 10.1. The zero-order valence-corrected chi connectivity index (χ0v) is 18.2. The summed E-state index contributed by atoms with van der Waals surface area (Å²) in [6, 6.07) is 19.1. The molecule has 1 heterocycles. The number of rotatable bonds is 6. The number of nitrogens with zero attached hydrogens (tertiary/aromatic N) is 1. The Kier molecular flexibility index (Phi) is 5.76. The molecule has 5 heteroatoms. The van der Waals surface area contributed by atoms with Crippen molar-refractivity contribution in [3.05, 3.63) is 82.9 Å². The maximum atomic E-state index is 12.4. The highest BCUT2D eigenvalue weighted by Crippen LogP contribution is 2.26. The van der Waals surface area contributed by atoms with Gasteiger partial charge < -0.3 is 14.5 Å². The summed E-state index contributed by atoms with van der Waals surface area (Å²) in [7, 11) is 0. The van der Waals surface area contributed by atoms with Crippen LogP contribution in [-0.4, -0.2) is 17.0 Å². The van der Waals surface area contributed by atoms with Crippen molar-refractivity contribution < 1.29 is 13.9 Å². The molecule has 0 fully saturated rings. The fourth-order valence-corrected chi connectivity index (χ4v) is 3.31. The summed E-state index contributed by atoms with van der Waals surface area (Å²) in [6.07, 6.45) is 0.102. The van der Waals surface area contributed by atoms with Gasteiger partial charge >= 0.3 is 0 Å². The number of ether oxygens (including phenoxy) is 1. The van der Waals surface area contributed by atoms with Crippen molar-refractivity contribution in [3.63, 3.8) is 0 Å². The minimum Gasteiger partial charge on any atom is -0.491 e. The predicted molar refractivity (Wildman–Crippen MR) is 122 cm³/mol. The van der Waals surface area contributed by atoms with Gasteiger partial charge in [0.1, 0.15) is 11.3 Å². The number of aryl methyl sites for hydroxylation is 2. The maximum Gasteiger partial charge on any atom is 0.251 e. The molecule has 0 spiro atoms. The first-order valence-corrected chi connectivity index (χ1v) is 10.4. The summed E-state index contributed by atoms with van der Waals surface area (Å²) in [5.74, 6) is 1.23. The van der Waals surface area contributed by atoms with Crippen LogP contribution in [0.2, 0.25) is 0 Å². The van der Waals surface area contributed by atoms with Gasteiger partial charge in [0.25, 0.3) is 5.91 Å². The first-order valence-electron chi connectivity index (χ1n) is 10.4. The highest BCUT2D eigenvalue weighted by Gasteiger charge is 2.10. The van der Waals surface area contributed by atoms with E-state index in [9.17, 15) is 4.79 Å². The van der Waals surface area contributed by atoms with Crippen molar-refractivity contribution >= 4 is 17.0 Å². The fourth-order valence-electron chi connectivity index (χ4n) is 3.31. The lowest BCUT2D eigenvalue weighted by Gasteiger charge is -2.10. The van der Waals surface area contributed by atoms with E-state index in [-0.39, 0.29) is 12.0 Å². The molecule has 158 valence electrons.